The molecule has 90 heavy (non-hydrogen) atoms. The molecule has 4 aliphatic heterocycles. The van der Waals surface area contributed by atoms with Crippen molar-refractivity contribution in [3.8, 4) is 5.75 Å². The third-order valence-corrected chi connectivity index (χ3v) is 18.6. The Morgan fingerprint density at radius 1 is 0.956 bits per heavy atom. The van der Waals surface area contributed by atoms with Crippen molar-refractivity contribution >= 4 is 70.5 Å². The monoisotopic (exact) mass is 1270 g/mol. The average Bonchev–Trinajstić information content (AvgIpc) is 1.42. The Morgan fingerprint density at radius 3 is 2.24 bits per heavy atom. The number of ether oxygens (including phenoxy) is 3. The first-order valence-electron chi connectivity index (χ1n) is 30.5. The minimum Gasteiger partial charge on any atom is -0.481 e. The number of carbonyl (C=O) groups is 9. The van der Waals surface area contributed by atoms with E-state index in [1.165, 1.54) is 6.92 Å². The van der Waals surface area contributed by atoms with Crippen molar-refractivity contribution in [2.24, 2.45) is 23.7 Å². The molecule has 490 valence electrons. The Labute approximate surface area is 527 Å². The highest BCUT2D eigenvalue weighted by atomic mass is 32.1. The summed E-state index contributed by atoms with van der Waals surface area (Å²) in [7, 11) is 3.71. The van der Waals surface area contributed by atoms with Crippen LogP contribution in [0.2, 0.25) is 0 Å². The Morgan fingerprint density at radius 2 is 1.63 bits per heavy atom. The second kappa shape index (κ2) is 32.5. The molecule has 5 amide bonds. The van der Waals surface area contributed by atoms with Crippen LogP contribution in [0.1, 0.15) is 131 Å². The number of hydrogen-bond donors (Lipinski definition) is 7. The molecule has 0 bridgehead atoms. The number of aliphatic carboxylic acids is 1. The highest BCUT2D eigenvalue weighted by Crippen LogP contribution is 2.36. The number of carboxylic acid groups (broad SMARTS) is 1. The molecule has 0 aliphatic carbocycles. The fourth-order valence-corrected chi connectivity index (χ4v) is 13.1. The second-order valence-corrected chi connectivity index (χ2v) is 25.5. The van der Waals surface area contributed by atoms with Crippen LogP contribution in [-0.4, -0.2) is 194 Å². The predicted molar refractivity (Wildman–Crippen MR) is 323 cm³/mol. The summed E-state index contributed by atoms with van der Waals surface area (Å²) in [6.45, 7) is 11.3. The highest BCUT2D eigenvalue weighted by molar-refractivity contribution is 7.09. The number of ketones is 2. The normalized spacial score (nSPS) is 23.1. The minimum absolute atomic E-state index is 0.0389. The van der Waals surface area contributed by atoms with Crippen LogP contribution in [-0.2, 0) is 76.8 Å². The van der Waals surface area contributed by atoms with E-state index < -0.39 is 102 Å². The zero-order valence-electron chi connectivity index (χ0n) is 52.3. The van der Waals surface area contributed by atoms with Crippen molar-refractivity contribution < 1.29 is 91.9 Å². The van der Waals surface area contributed by atoms with Crippen LogP contribution < -0.4 is 20.7 Å². The number of carboxylic acids is 1. The van der Waals surface area contributed by atoms with Crippen molar-refractivity contribution in [1.82, 2.24) is 30.7 Å². The first-order chi connectivity index (χ1) is 42.7. The Hall–Kier alpha value is -7.42. The Kier molecular flexibility index (Phi) is 25.9. The van der Waals surface area contributed by atoms with Gasteiger partial charge in [0.1, 0.15) is 53.1 Å². The van der Waals surface area contributed by atoms with Crippen LogP contribution in [0.15, 0.2) is 66.1 Å². The minimum atomic E-state index is -1.64. The quantitative estimate of drug-likeness (QED) is 0.0286. The van der Waals surface area contributed by atoms with E-state index in [1.54, 1.807) is 42.5 Å². The molecule has 3 saturated heterocycles. The summed E-state index contributed by atoms with van der Waals surface area (Å²) in [6.07, 6.45) is -1.38. The number of nitrogens with one attached hydrogen (secondary N) is 3. The molecule has 3 fully saturated rings. The van der Waals surface area contributed by atoms with Gasteiger partial charge in [-0.05, 0) is 61.3 Å². The molecule has 7 N–H and O–H groups in total. The number of nitrogens with zero attached hydrogens (tertiary/aromatic N) is 4. The van der Waals surface area contributed by atoms with Gasteiger partial charge in [0.25, 0.3) is 17.7 Å². The van der Waals surface area contributed by atoms with Crippen molar-refractivity contribution in [2.75, 3.05) is 46.9 Å². The summed E-state index contributed by atoms with van der Waals surface area (Å²) >= 11 is 1.13. The lowest BCUT2D eigenvalue weighted by Gasteiger charge is -2.46. The summed E-state index contributed by atoms with van der Waals surface area (Å²) in [5.74, 6) is -6.18. The van der Waals surface area contributed by atoms with E-state index >= 15 is 9.59 Å². The molecule has 26 heteroatoms. The van der Waals surface area contributed by atoms with Crippen molar-refractivity contribution in [3.05, 3.63) is 93.5 Å². The lowest BCUT2D eigenvalue weighted by Crippen LogP contribution is -2.76. The first-order valence-corrected chi connectivity index (χ1v) is 31.4. The van der Waals surface area contributed by atoms with Gasteiger partial charge in [-0.1, -0.05) is 71.4 Å². The number of imide groups is 1. The summed E-state index contributed by atoms with van der Waals surface area (Å²) in [5.41, 5.74) is 0.694. The zero-order valence-corrected chi connectivity index (χ0v) is 53.1. The van der Waals surface area contributed by atoms with Gasteiger partial charge in [0.05, 0.1) is 26.1 Å². The van der Waals surface area contributed by atoms with Crippen molar-refractivity contribution in [1.29, 1.82) is 0 Å². The molecule has 5 heterocycles. The van der Waals surface area contributed by atoms with E-state index in [9.17, 15) is 54.0 Å². The van der Waals surface area contributed by atoms with Crippen LogP contribution >= 0.6 is 11.3 Å². The molecular weight excluding hydrogens is 1190 g/mol. The third kappa shape index (κ3) is 18.2. The zero-order chi connectivity index (χ0) is 66.2. The number of esters is 1. The number of thiazole rings is 1. The van der Waals surface area contributed by atoms with Crippen molar-refractivity contribution in [3.63, 3.8) is 0 Å². The number of benzene rings is 2. The van der Waals surface area contributed by atoms with Gasteiger partial charge < -0.3 is 60.0 Å². The van der Waals surface area contributed by atoms with Crippen LogP contribution in [0.4, 0.5) is 0 Å². The summed E-state index contributed by atoms with van der Waals surface area (Å²) in [4.78, 5) is 144. The molecule has 25 nitrogen and oxygen atoms in total. The number of amides is 5. The Balaban J connectivity index is 0.00000421. The molecule has 0 saturated carbocycles. The maximum Gasteiger partial charge on any atom is 0.373 e. The van der Waals surface area contributed by atoms with Crippen molar-refractivity contribution in [2.45, 2.75) is 167 Å². The maximum atomic E-state index is 15.1. The van der Waals surface area contributed by atoms with E-state index in [-0.39, 0.29) is 105 Å². The first kappa shape index (κ1) is 71.7. The van der Waals surface area contributed by atoms with Gasteiger partial charge in [-0.25, -0.2) is 4.98 Å². The number of aliphatic hydroxyl groups is 3. The van der Waals surface area contributed by atoms with Crippen LogP contribution in [0.5, 0.6) is 5.75 Å². The van der Waals surface area contributed by atoms with Gasteiger partial charge in [-0.2, -0.15) is 9.59 Å². The molecule has 2 aromatic carbocycles. The molecule has 12 atom stereocenters. The molecule has 3 aromatic rings. The second-order valence-electron chi connectivity index (χ2n) is 24.6. The van der Waals surface area contributed by atoms with Gasteiger partial charge >= 0.3 is 18.1 Å². The smallest absolute Gasteiger partial charge is 0.373 e. The number of hydrogen-bond acceptors (Lipinski definition) is 20. The lowest BCUT2D eigenvalue weighted by atomic mass is 9.82. The Bertz CT molecular complexity index is 3090. The topological polar surface area (TPSA) is 352 Å². The number of likely N-dealkylation sites (N-methyl/N-ethyl adjacent to an activating group) is 1. The molecule has 0 spiro atoms. The maximum absolute atomic E-state index is 15.1. The number of likely N-dealkylation sites (tertiary alicyclic amines) is 1. The van der Waals surface area contributed by atoms with E-state index in [1.807, 2.05) is 65.1 Å². The standard InChI is InChI=1S/C63H85N7O16S.CO2/c1-9-37(4)45(59(80)68(7)47(36(2)3)30-52(85-39(6)71)58-67-46(33-87-58)57(79)66-43(25-38(5)60(81)82)27-40-15-11-10-12-16-40)29-49(73)48-17-13-14-24-70(48,8)31-41-18-19-51(86-61-56(78)55(77)50(74)32-84-61)42(26-41)28-44(72)22-23-65-62(83)63(34-64-35-63)69-53(75)20-21-54(69)76;2-1-3/h10-12,15-16,18-21,26,33,36-38,43,45,47-48,50,52,55-56,61,64,74,77-78H,9,13-14,17,22-25,27-32,34-35H2,1-8H3,(H2-,65,66,79,81,82,83);/p+1/t37-,38-,43+,45-,47-,48+,50?,52-,55-,56-,61?,70?;/m0./s1. The van der Waals surface area contributed by atoms with Gasteiger partial charge in [0, 0.05) is 112 Å². The fraction of sp³-hybridized carbons (Fsp3) is 0.578. The number of quaternary nitrogens is 1. The molecule has 3 unspecified atom stereocenters. The lowest BCUT2D eigenvalue weighted by molar-refractivity contribution is -0.941. The highest BCUT2D eigenvalue weighted by Gasteiger charge is 2.54. The molecule has 7 rings (SSSR count). The van der Waals surface area contributed by atoms with Gasteiger partial charge in [0.15, 0.2) is 17.4 Å². The summed E-state index contributed by atoms with van der Waals surface area (Å²) in [6, 6.07) is 13.1. The van der Waals surface area contributed by atoms with Gasteiger partial charge in [-0.3, -0.25) is 48.1 Å². The molecule has 1 aromatic heterocycles. The number of Topliss-reactive ketones (excluding diaryl/α,β-unsaturated/α-hetero) is 2. The molecule has 0 radical (unpaired) electrons. The van der Waals surface area contributed by atoms with E-state index in [2.05, 4.69) is 20.9 Å². The van der Waals surface area contributed by atoms with Crippen LogP contribution in [0, 0.1) is 23.7 Å². The fourth-order valence-electron chi connectivity index (χ4n) is 12.3. The summed E-state index contributed by atoms with van der Waals surface area (Å²) in [5, 5.41) is 51.6. The van der Waals surface area contributed by atoms with E-state index in [4.69, 9.17) is 23.8 Å². The van der Waals surface area contributed by atoms with Gasteiger partial charge in [-0.15, -0.1) is 11.3 Å². The SMILES string of the molecule is CC[C@H](C)[C@H](CC(=O)[C@H]1CCCC[N+]1(C)Cc1ccc(OC2OCC(O)[C@H](O)[C@@H]2O)c(CC(=O)CCNC(=O)C2(N3C(=O)C=CC3=O)CNC2)c1)C(=O)N(C)[C@@H](C[C@H](OC(C)=O)c1nc(C(=O)N[C@@H](Cc2ccccc2)C[C@H](C)C(=O)O)cs1)C(C)C.O=C=O. The van der Waals surface area contributed by atoms with E-state index in [0.29, 0.717) is 47.4 Å². The molecule has 4 aliphatic rings. The number of rotatable bonds is 30. The predicted octanol–water partition coefficient (Wildman–Crippen LogP) is 3.01. The number of carbonyl (C=O) groups excluding carboxylic acids is 10. The number of piperidine rings is 1. The van der Waals surface area contributed by atoms with Crippen LogP contribution in [0.25, 0.3) is 0 Å². The summed E-state index contributed by atoms with van der Waals surface area (Å²) < 4.78 is 17.8. The average molecular weight is 1270 g/mol. The third-order valence-electron chi connectivity index (χ3n) is 17.7. The van der Waals surface area contributed by atoms with E-state index in [0.717, 1.165) is 52.4 Å². The largest absolute Gasteiger partial charge is 0.481 e. The molecular formula is C64H86N7O18S+. The van der Waals surface area contributed by atoms with Crippen LogP contribution in [0.3, 0.4) is 0 Å². The number of aliphatic hydroxyl groups excluding tert-OH is 3. The number of aromatic nitrogens is 1. The van der Waals surface area contributed by atoms with Gasteiger partial charge in [0.2, 0.25) is 18.1 Å².